The fraction of sp³-hybridized carbons (Fsp3) is 0.273. The van der Waals surface area contributed by atoms with Crippen molar-refractivity contribution in [3.8, 4) is 11.5 Å². The van der Waals surface area contributed by atoms with Crippen LogP contribution < -0.4 is 0 Å². The molecule has 17 heavy (non-hydrogen) atoms. The molecule has 0 amide bonds. The number of nitrogens with zero attached hydrogens (tertiary/aromatic N) is 2. The van der Waals surface area contributed by atoms with E-state index in [-0.39, 0.29) is 11.7 Å². The van der Waals surface area contributed by atoms with E-state index < -0.39 is 6.10 Å². The minimum absolute atomic E-state index is 0.258. The van der Waals surface area contributed by atoms with E-state index in [0.29, 0.717) is 22.0 Å². The van der Waals surface area contributed by atoms with Crippen molar-refractivity contribution >= 4 is 23.2 Å². The molecule has 6 heteroatoms. The molecule has 2 rings (SSSR count). The topological polar surface area (TPSA) is 59.2 Å². The first-order valence-electron chi connectivity index (χ1n) is 5.09. The molecule has 90 valence electrons. The second kappa shape index (κ2) is 5.04. The van der Waals surface area contributed by atoms with E-state index >= 15 is 0 Å². The Morgan fingerprint density at radius 1 is 1.41 bits per heavy atom. The Labute approximate surface area is 108 Å². The maximum Gasteiger partial charge on any atom is 0.259 e. The highest BCUT2D eigenvalue weighted by molar-refractivity contribution is 6.36. The van der Waals surface area contributed by atoms with E-state index in [2.05, 4.69) is 10.1 Å². The molecule has 1 heterocycles. The summed E-state index contributed by atoms with van der Waals surface area (Å²) in [7, 11) is 0. The van der Waals surface area contributed by atoms with Gasteiger partial charge in [0.1, 0.15) is 6.10 Å². The summed E-state index contributed by atoms with van der Waals surface area (Å²) in [6, 6.07) is 4.97. The zero-order valence-corrected chi connectivity index (χ0v) is 10.5. The number of hydrogen-bond donors (Lipinski definition) is 1. The molecular weight excluding hydrogens is 263 g/mol. The first-order chi connectivity index (χ1) is 8.11. The minimum atomic E-state index is -0.724. The van der Waals surface area contributed by atoms with E-state index in [1.165, 1.54) is 0 Å². The molecule has 1 aromatic heterocycles. The van der Waals surface area contributed by atoms with Gasteiger partial charge < -0.3 is 9.63 Å². The van der Waals surface area contributed by atoms with Gasteiger partial charge in [0.2, 0.25) is 5.82 Å². The zero-order chi connectivity index (χ0) is 12.4. The highest BCUT2D eigenvalue weighted by Crippen LogP contribution is 2.29. The lowest BCUT2D eigenvalue weighted by Crippen LogP contribution is -1.97. The third-order valence-electron chi connectivity index (χ3n) is 2.29. The molecule has 1 unspecified atom stereocenters. The molecule has 2 aromatic rings. The first-order valence-corrected chi connectivity index (χ1v) is 5.84. The lowest BCUT2D eigenvalue weighted by atomic mass is 10.2. The first kappa shape index (κ1) is 12.4. The van der Waals surface area contributed by atoms with Crippen LogP contribution in [0.3, 0.4) is 0 Å². The summed E-state index contributed by atoms with van der Waals surface area (Å²) in [5.41, 5.74) is 0.595. The van der Waals surface area contributed by atoms with Gasteiger partial charge in [-0.2, -0.15) is 4.98 Å². The molecule has 0 aliphatic carbocycles. The van der Waals surface area contributed by atoms with Crippen LogP contribution >= 0.6 is 23.2 Å². The lowest BCUT2D eigenvalue weighted by molar-refractivity contribution is 0.159. The van der Waals surface area contributed by atoms with Crippen molar-refractivity contribution in [2.45, 2.75) is 19.4 Å². The second-order valence-electron chi connectivity index (χ2n) is 3.51. The maximum atomic E-state index is 9.56. The molecule has 0 saturated carbocycles. The summed E-state index contributed by atoms with van der Waals surface area (Å²) >= 11 is 11.8. The van der Waals surface area contributed by atoms with Gasteiger partial charge in [0.25, 0.3) is 5.89 Å². The van der Waals surface area contributed by atoms with Crippen molar-refractivity contribution in [2.24, 2.45) is 0 Å². The number of aliphatic hydroxyl groups excluding tert-OH is 1. The predicted octanol–water partition coefficient (Wildman–Crippen LogP) is 3.49. The van der Waals surface area contributed by atoms with Gasteiger partial charge in [-0.25, -0.2) is 0 Å². The SMILES string of the molecule is CCC(O)c1noc(-c2ccc(Cl)cc2Cl)n1. The fourth-order valence-electron chi connectivity index (χ4n) is 1.33. The van der Waals surface area contributed by atoms with Gasteiger partial charge in [-0.3, -0.25) is 0 Å². The monoisotopic (exact) mass is 272 g/mol. The number of aliphatic hydroxyl groups is 1. The quantitative estimate of drug-likeness (QED) is 0.929. The van der Waals surface area contributed by atoms with Crippen LogP contribution in [0.15, 0.2) is 22.7 Å². The second-order valence-corrected chi connectivity index (χ2v) is 4.35. The number of aromatic nitrogens is 2. The fourth-order valence-corrected chi connectivity index (χ4v) is 1.81. The maximum absolute atomic E-state index is 9.56. The number of rotatable bonds is 3. The molecule has 0 spiro atoms. The van der Waals surface area contributed by atoms with Crippen molar-refractivity contribution < 1.29 is 9.63 Å². The number of benzene rings is 1. The van der Waals surface area contributed by atoms with Crippen molar-refractivity contribution in [3.05, 3.63) is 34.1 Å². The van der Waals surface area contributed by atoms with Crippen LogP contribution in [0.25, 0.3) is 11.5 Å². The van der Waals surface area contributed by atoms with Crippen molar-refractivity contribution in [3.63, 3.8) is 0 Å². The molecule has 0 fully saturated rings. The van der Waals surface area contributed by atoms with Crippen LogP contribution in [-0.2, 0) is 0 Å². The van der Waals surface area contributed by atoms with E-state index in [0.717, 1.165) is 0 Å². The van der Waals surface area contributed by atoms with Gasteiger partial charge in [0, 0.05) is 5.02 Å². The van der Waals surface area contributed by atoms with Crippen LogP contribution in [0, 0.1) is 0 Å². The highest BCUT2D eigenvalue weighted by Gasteiger charge is 2.16. The summed E-state index contributed by atoms with van der Waals surface area (Å²) in [5, 5.41) is 14.2. The summed E-state index contributed by atoms with van der Waals surface area (Å²) in [5.74, 6) is 0.530. The number of halogens is 2. The van der Waals surface area contributed by atoms with Gasteiger partial charge in [0.05, 0.1) is 10.6 Å². The van der Waals surface area contributed by atoms with E-state index in [1.54, 1.807) is 18.2 Å². The molecule has 0 bridgehead atoms. The summed E-state index contributed by atoms with van der Waals surface area (Å²) in [4.78, 5) is 4.09. The molecule has 0 aliphatic rings. The summed E-state index contributed by atoms with van der Waals surface area (Å²) < 4.78 is 5.05. The Kier molecular flexibility index (Phi) is 3.66. The Bertz CT molecular complexity index is 528. The van der Waals surface area contributed by atoms with Crippen LogP contribution in [0.1, 0.15) is 25.3 Å². The summed E-state index contributed by atoms with van der Waals surface area (Å²) in [6.45, 7) is 1.83. The van der Waals surface area contributed by atoms with Gasteiger partial charge >= 0.3 is 0 Å². The molecule has 1 atom stereocenters. The average Bonchev–Trinajstić information content (AvgIpc) is 2.77. The highest BCUT2D eigenvalue weighted by atomic mass is 35.5. The average molecular weight is 273 g/mol. The minimum Gasteiger partial charge on any atom is -0.385 e. The van der Waals surface area contributed by atoms with Crippen molar-refractivity contribution in [1.82, 2.24) is 10.1 Å². The van der Waals surface area contributed by atoms with Crippen LogP contribution in [-0.4, -0.2) is 15.2 Å². The molecule has 1 aromatic carbocycles. The third-order valence-corrected chi connectivity index (χ3v) is 2.84. The molecule has 1 N–H and O–H groups in total. The van der Waals surface area contributed by atoms with E-state index in [9.17, 15) is 5.11 Å². The van der Waals surface area contributed by atoms with Gasteiger partial charge in [-0.05, 0) is 24.6 Å². The molecule has 0 radical (unpaired) electrons. The van der Waals surface area contributed by atoms with Gasteiger partial charge in [-0.15, -0.1) is 0 Å². The Morgan fingerprint density at radius 2 is 2.18 bits per heavy atom. The van der Waals surface area contributed by atoms with Crippen LogP contribution in [0.4, 0.5) is 0 Å². The van der Waals surface area contributed by atoms with Crippen LogP contribution in [0.2, 0.25) is 10.0 Å². The number of hydrogen-bond acceptors (Lipinski definition) is 4. The molecule has 4 nitrogen and oxygen atoms in total. The Balaban J connectivity index is 2.37. The lowest BCUT2D eigenvalue weighted by Gasteiger charge is -1.99. The normalized spacial score (nSPS) is 12.7. The van der Waals surface area contributed by atoms with E-state index in [1.807, 2.05) is 6.92 Å². The Morgan fingerprint density at radius 3 is 2.82 bits per heavy atom. The third kappa shape index (κ3) is 2.60. The zero-order valence-electron chi connectivity index (χ0n) is 9.02. The van der Waals surface area contributed by atoms with Crippen molar-refractivity contribution in [1.29, 1.82) is 0 Å². The van der Waals surface area contributed by atoms with Gasteiger partial charge in [0.15, 0.2) is 0 Å². The van der Waals surface area contributed by atoms with Gasteiger partial charge in [-0.1, -0.05) is 35.3 Å². The predicted molar refractivity (Wildman–Crippen MR) is 65.0 cm³/mol. The largest absolute Gasteiger partial charge is 0.385 e. The molecule has 0 saturated heterocycles. The smallest absolute Gasteiger partial charge is 0.259 e. The van der Waals surface area contributed by atoms with Crippen LogP contribution in [0.5, 0.6) is 0 Å². The standard InChI is InChI=1S/C11H10Cl2N2O2/c1-2-9(16)10-14-11(17-15-10)7-4-3-6(12)5-8(7)13/h3-5,9,16H,2H2,1H3. The van der Waals surface area contributed by atoms with E-state index in [4.69, 9.17) is 27.7 Å². The molecular formula is C11H10Cl2N2O2. The Hall–Kier alpha value is -1.10. The van der Waals surface area contributed by atoms with Crippen molar-refractivity contribution in [2.75, 3.05) is 0 Å². The summed E-state index contributed by atoms with van der Waals surface area (Å²) in [6.07, 6.45) is -0.202. The molecule has 0 aliphatic heterocycles.